The van der Waals surface area contributed by atoms with E-state index in [9.17, 15) is 0 Å². The first-order valence-electron chi connectivity index (χ1n) is 6.10. The number of rotatable bonds is 1. The topological polar surface area (TPSA) is 55.1 Å². The molecule has 3 rings (SSSR count). The van der Waals surface area contributed by atoms with Crippen LogP contribution in [0.25, 0.3) is 11.4 Å². The number of fused-ring (bicyclic) bond motifs is 3. The Hall–Kier alpha value is -1.43. The molecule has 0 bridgehead atoms. The molecule has 0 aliphatic carbocycles. The Kier molecular flexibility index (Phi) is 3.03. The Morgan fingerprint density at radius 3 is 3.28 bits per heavy atom. The lowest BCUT2D eigenvalue weighted by Crippen LogP contribution is -2.24. The van der Waals surface area contributed by atoms with E-state index in [0.29, 0.717) is 12.2 Å². The van der Waals surface area contributed by atoms with Crippen molar-refractivity contribution < 1.29 is 0 Å². The van der Waals surface area contributed by atoms with Crippen molar-refractivity contribution in [3.63, 3.8) is 0 Å². The van der Waals surface area contributed by atoms with E-state index in [1.54, 1.807) is 0 Å². The smallest absolute Gasteiger partial charge is 0.246 e. The van der Waals surface area contributed by atoms with Gasteiger partial charge in [0.1, 0.15) is 11.6 Å². The average Bonchev–Trinajstić information content (AvgIpc) is 2.40. The molecule has 0 fully saturated rings. The van der Waals surface area contributed by atoms with Gasteiger partial charge in [0.15, 0.2) is 0 Å². The fourth-order valence-corrected chi connectivity index (χ4v) is 2.79. The molecule has 0 amide bonds. The molecule has 6 heteroatoms. The van der Waals surface area contributed by atoms with E-state index in [1.165, 1.54) is 0 Å². The molecule has 0 saturated heterocycles. The average molecular weight is 308 g/mol. The summed E-state index contributed by atoms with van der Waals surface area (Å²) in [6.07, 6.45) is 2.94. The molecule has 0 saturated carbocycles. The lowest BCUT2D eigenvalue weighted by atomic mass is 10.2. The maximum Gasteiger partial charge on any atom is 0.246 e. The third-order valence-corrected chi connectivity index (χ3v) is 3.57. The Morgan fingerprint density at radius 1 is 1.56 bits per heavy atom. The van der Waals surface area contributed by atoms with Crippen molar-refractivity contribution in [3.8, 4) is 11.4 Å². The van der Waals surface area contributed by atoms with Crippen molar-refractivity contribution in [2.75, 3.05) is 18.4 Å². The minimum Gasteiger partial charge on any atom is -0.370 e. The molecule has 0 aromatic rings. The van der Waals surface area contributed by atoms with Crippen LogP contribution in [0.15, 0.2) is 21.7 Å². The van der Waals surface area contributed by atoms with Crippen molar-refractivity contribution in [3.05, 3.63) is 22.4 Å². The molecule has 0 unspecified atom stereocenters. The summed E-state index contributed by atoms with van der Waals surface area (Å²) in [6, 6.07) is 2.05. The highest BCUT2D eigenvalue weighted by Crippen LogP contribution is 2.32. The van der Waals surface area contributed by atoms with Gasteiger partial charge in [0.05, 0.1) is 4.47 Å². The normalized spacial score (nSPS) is 15.6. The summed E-state index contributed by atoms with van der Waals surface area (Å²) in [7, 11) is 0. The number of nitrogens with zero attached hydrogens (tertiary/aromatic N) is 4. The van der Waals surface area contributed by atoms with Gasteiger partial charge in [-0.15, -0.1) is 0 Å². The summed E-state index contributed by atoms with van der Waals surface area (Å²) in [5.41, 5.74) is 1.59. The van der Waals surface area contributed by atoms with E-state index in [-0.39, 0.29) is 0 Å². The van der Waals surface area contributed by atoms with Gasteiger partial charge in [-0.05, 0) is 35.3 Å². The standard InChI is InChI=1S/C12H14BrN5/c1-2-14-12-16-7-8-6-9(13)11-15-4-3-5-18(11)10(8)17-12/h6-7,15H,2-5H2,1H3. The predicted molar refractivity (Wildman–Crippen MR) is 73.6 cm³/mol. The molecule has 94 valence electrons. The summed E-state index contributed by atoms with van der Waals surface area (Å²) in [6.45, 7) is 4.66. The number of hydrogen-bond donors (Lipinski definition) is 1. The Balaban J connectivity index is 2.30. The van der Waals surface area contributed by atoms with Crippen molar-refractivity contribution in [2.45, 2.75) is 19.9 Å². The summed E-state index contributed by atoms with van der Waals surface area (Å²) in [5.74, 6) is 2.04. The highest BCUT2D eigenvalue weighted by molar-refractivity contribution is 9.10. The number of pyridine rings is 1. The molecular formula is C12H14BrN5. The predicted octanol–water partition coefficient (Wildman–Crippen LogP) is 1.88. The van der Waals surface area contributed by atoms with Crippen molar-refractivity contribution >= 4 is 21.7 Å². The quantitative estimate of drug-likeness (QED) is 0.875. The van der Waals surface area contributed by atoms with Crippen LogP contribution in [-0.4, -0.2) is 27.6 Å². The molecule has 0 atom stereocenters. The summed E-state index contributed by atoms with van der Waals surface area (Å²) in [5, 5.41) is 3.40. The molecule has 0 aromatic carbocycles. The maximum atomic E-state index is 4.54. The van der Waals surface area contributed by atoms with E-state index >= 15 is 0 Å². The van der Waals surface area contributed by atoms with Gasteiger partial charge in [-0.1, -0.05) is 0 Å². The van der Waals surface area contributed by atoms with Crippen LogP contribution in [0.3, 0.4) is 0 Å². The van der Waals surface area contributed by atoms with Crippen molar-refractivity contribution in [2.24, 2.45) is 4.99 Å². The van der Waals surface area contributed by atoms with E-state index < -0.39 is 0 Å². The highest BCUT2D eigenvalue weighted by Gasteiger charge is 2.18. The van der Waals surface area contributed by atoms with Crippen LogP contribution >= 0.6 is 15.9 Å². The van der Waals surface area contributed by atoms with Crippen LogP contribution in [0.5, 0.6) is 0 Å². The lowest BCUT2D eigenvalue weighted by molar-refractivity contribution is 0.617. The third kappa shape index (κ3) is 1.90. The van der Waals surface area contributed by atoms with Gasteiger partial charge in [-0.3, -0.25) is 0 Å². The van der Waals surface area contributed by atoms with Crippen molar-refractivity contribution in [1.29, 1.82) is 0 Å². The van der Waals surface area contributed by atoms with Gasteiger partial charge in [-0.2, -0.15) is 4.98 Å². The number of halogens is 1. The largest absolute Gasteiger partial charge is 0.370 e. The molecule has 3 aliphatic rings. The van der Waals surface area contributed by atoms with Crippen LogP contribution in [0.1, 0.15) is 13.3 Å². The SMILES string of the molecule is CCN=c1ncc2cc(Br)c3n(c-2n1)CCCN3. The molecule has 18 heavy (non-hydrogen) atoms. The molecule has 1 N–H and O–H groups in total. The highest BCUT2D eigenvalue weighted by atomic mass is 79.9. The van der Waals surface area contributed by atoms with Crippen LogP contribution in [-0.2, 0) is 6.54 Å². The molecule has 3 heterocycles. The van der Waals surface area contributed by atoms with Crippen LogP contribution < -0.4 is 10.9 Å². The Morgan fingerprint density at radius 2 is 2.44 bits per heavy atom. The van der Waals surface area contributed by atoms with E-state index in [1.807, 2.05) is 13.1 Å². The molecular weight excluding hydrogens is 294 g/mol. The minimum absolute atomic E-state index is 0.563. The molecule has 5 nitrogen and oxygen atoms in total. The first kappa shape index (κ1) is 11.6. The second kappa shape index (κ2) is 4.68. The molecule has 0 aromatic heterocycles. The zero-order valence-corrected chi connectivity index (χ0v) is 11.7. The Labute approximate surface area is 113 Å². The number of hydrogen-bond acceptors (Lipinski definition) is 4. The summed E-state index contributed by atoms with van der Waals surface area (Å²) < 4.78 is 3.25. The maximum absolute atomic E-state index is 4.54. The van der Waals surface area contributed by atoms with Gasteiger partial charge >= 0.3 is 0 Å². The van der Waals surface area contributed by atoms with Gasteiger partial charge < -0.3 is 9.88 Å². The monoisotopic (exact) mass is 307 g/mol. The van der Waals surface area contributed by atoms with Crippen molar-refractivity contribution in [1.82, 2.24) is 14.5 Å². The fourth-order valence-electron chi connectivity index (χ4n) is 2.19. The van der Waals surface area contributed by atoms with Crippen LogP contribution in [0.4, 0.5) is 5.82 Å². The van der Waals surface area contributed by atoms with Gasteiger partial charge in [-0.25, -0.2) is 9.98 Å². The Bertz CT molecular complexity index is 619. The zero-order valence-electron chi connectivity index (χ0n) is 10.1. The van der Waals surface area contributed by atoms with E-state index in [2.05, 4.69) is 46.8 Å². The molecule has 3 aliphatic heterocycles. The van der Waals surface area contributed by atoms with E-state index in [4.69, 9.17) is 0 Å². The zero-order chi connectivity index (χ0) is 12.5. The fraction of sp³-hybridized carbons (Fsp3) is 0.417. The van der Waals surface area contributed by atoms with Gasteiger partial charge in [0.2, 0.25) is 5.62 Å². The molecule has 0 radical (unpaired) electrons. The summed E-state index contributed by atoms with van der Waals surface area (Å²) in [4.78, 5) is 13.1. The lowest BCUT2D eigenvalue weighted by Gasteiger charge is -2.25. The number of anilines is 1. The van der Waals surface area contributed by atoms with Crippen LogP contribution in [0.2, 0.25) is 0 Å². The first-order chi connectivity index (χ1) is 8.79. The second-order valence-corrected chi connectivity index (χ2v) is 5.05. The van der Waals surface area contributed by atoms with E-state index in [0.717, 1.165) is 41.2 Å². The molecule has 0 spiro atoms. The van der Waals surface area contributed by atoms with Crippen LogP contribution in [0, 0.1) is 0 Å². The first-order valence-corrected chi connectivity index (χ1v) is 6.89. The minimum atomic E-state index is 0.563. The number of nitrogens with one attached hydrogen (secondary N) is 1. The number of aromatic nitrogens is 3. The second-order valence-electron chi connectivity index (χ2n) is 4.20. The summed E-state index contributed by atoms with van der Waals surface area (Å²) >= 11 is 3.59. The third-order valence-electron chi connectivity index (χ3n) is 2.97. The van der Waals surface area contributed by atoms with Gasteiger partial charge in [0, 0.05) is 31.4 Å². The van der Waals surface area contributed by atoms with Gasteiger partial charge in [0.25, 0.3) is 0 Å².